The van der Waals surface area contributed by atoms with Crippen LogP contribution in [-0.2, 0) is 28.9 Å². The van der Waals surface area contributed by atoms with Crippen molar-refractivity contribution in [3.8, 4) is 0 Å². The molecular formula is C17H22N4O4S. The van der Waals surface area contributed by atoms with E-state index < -0.39 is 10.0 Å². The Labute approximate surface area is 151 Å². The van der Waals surface area contributed by atoms with Crippen LogP contribution >= 0.6 is 0 Å². The number of carbonyl (C=O) groups excluding carboxylic acids is 1. The minimum absolute atomic E-state index is 0.153. The average molecular weight is 378 g/mol. The first-order valence-corrected chi connectivity index (χ1v) is 10.2. The summed E-state index contributed by atoms with van der Waals surface area (Å²) in [5.41, 5.74) is 1.08. The fraction of sp³-hybridized carbons (Fsp3) is 0.529. The molecule has 0 unspecified atom stereocenters. The fourth-order valence-corrected chi connectivity index (χ4v) is 4.98. The fourth-order valence-electron chi connectivity index (χ4n) is 3.53. The maximum Gasteiger partial charge on any atom is 0.328 e. The number of piperazine rings is 1. The van der Waals surface area contributed by atoms with Crippen LogP contribution in [0.25, 0.3) is 11.0 Å². The van der Waals surface area contributed by atoms with E-state index in [2.05, 4.69) is 0 Å². The predicted molar refractivity (Wildman–Crippen MR) is 96.2 cm³/mol. The lowest BCUT2D eigenvalue weighted by atomic mass is 10.3. The molecule has 140 valence electrons. The molecule has 9 heteroatoms. The molecule has 1 saturated heterocycles. The Bertz CT molecular complexity index is 1040. The normalized spacial score (nSPS) is 19.2. The topological polar surface area (TPSA) is 84.6 Å². The van der Waals surface area contributed by atoms with Crippen molar-refractivity contribution in [3.63, 3.8) is 0 Å². The molecule has 0 radical (unpaired) electrons. The van der Waals surface area contributed by atoms with Crippen LogP contribution in [0.1, 0.15) is 12.8 Å². The molecule has 1 saturated carbocycles. The van der Waals surface area contributed by atoms with Gasteiger partial charge in [-0.25, -0.2) is 13.2 Å². The number of hydrogen-bond donors (Lipinski definition) is 0. The first kappa shape index (κ1) is 17.3. The van der Waals surface area contributed by atoms with Gasteiger partial charge < -0.3 is 4.90 Å². The van der Waals surface area contributed by atoms with E-state index in [0.717, 1.165) is 12.8 Å². The Morgan fingerprint density at radius 2 is 1.62 bits per heavy atom. The van der Waals surface area contributed by atoms with E-state index >= 15 is 0 Å². The monoisotopic (exact) mass is 378 g/mol. The average Bonchev–Trinajstić information content (AvgIpc) is 3.47. The van der Waals surface area contributed by atoms with Gasteiger partial charge in [-0.1, -0.05) is 0 Å². The van der Waals surface area contributed by atoms with Crippen LogP contribution in [0.3, 0.4) is 0 Å². The van der Waals surface area contributed by atoms with Crippen LogP contribution in [0.15, 0.2) is 27.9 Å². The number of rotatable bonds is 3. The summed E-state index contributed by atoms with van der Waals surface area (Å²) < 4.78 is 30.3. The number of aromatic nitrogens is 2. The quantitative estimate of drug-likeness (QED) is 0.759. The number of fused-ring (bicyclic) bond motifs is 1. The lowest BCUT2D eigenvalue weighted by Gasteiger charge is -2.34. The smallest absolute Gasteiger partial charge is 0.328 e. The van der Waals surface area contributed by atoms with Gasteiger partial charge in [-0.15, -0.1) is 0 Å². The number of carbonyl (C=O) groups is 1. The highest BCUT2D eigenvalue weighted by Gasteiger charge is 2.36. The molecule has 1 amide bonds. The van der Waals surface area contributed by atoms with E-state index in [0.29, 0.717) is 37.2 Å². The molecule has 1 aliphatic heterocycles. The number of nitrogens with zero attached hydrogens (tertiary/aromatic N) is 4. The van der Waals surface area contributed by atoms with Crippen molar-refractivity contribution in [2.24, 2.45) is 20.0 Å². The van der Waals surface area contributed by atoms with E-state index in [-0.39, 0.29) is 22.4 Å². The van der Waals surface area contributed by atoms with Gasteiger partial charge in [0.25, 0.3) is 0 Å². The molecule has 4 rings (SSSR count). The molecule has 2 heterocycles. The van der Waals surface area contributed by atoms with Crippen molar-refractivity contribution in [2.45, 2.75) is 17.7 Å². The highest BCUT2D eigenvalue weighted by Crippen LogP contribution is 2.31. The molecule has 2 fully saturated rings. The van der Waals surface area contributed by atoms with Crippen molar-refractivity contribution < 1.29 is 13.2 Å². The predicted octanol–water partition coefficient (Wildman–Crippen LogP) is 0.120. The summed E-state index contributed by atoms with van der Waals surface area (Å²) in [6.45, 7) is 1.46. The highest BCUT2D eigenvalue weighted by atomic mass is 32.2. The highest BCUT2D eigenvalue weighted by molar-refractivity contribution is 7.89. The largest absolute Gasteiger partial charge is 0.340 e. The number of amides is 1. The zero-order chi connectivity index (χ0) is 18.6. The summed E-state index contributed by atoms with van der Waals surface area (Å²) in [5.74, 6) is 0.308. The summed E-state index contributed by atoms with van der Waals surface area (Å²) in [4.78, 5) is 26.1. The van der Waals surface area contributed by atoms with Crippen LogP contribution in [0.2, 0.25) is 0 Å². The van der Waals surface area contributed by atoms with Gasteiger partial charge in [-0.05, 0) is 31.0 Å². The van der Waals surface area contributed by atoms with E-state index in [1.807, 2.05) is 0 Å². The molecule has 1 aliphatic carbocycles. The summed E-state index contributed by atoms with van der Waals surface area (Å²) in [6, 6.07) is 4.75. The number of sulfonamides is 1. The van der Waals surface area contributed by atoms with E-state index in [1.54, 1.807) is 37.2 Å². The van der Waals surface area contributed by atoms with Crippen LogP contribution in [0.4, 0.5) is 0 Å². The minimum atomic E-state index is -3.66. The van der Waals surface area contributed by atoms with E-state index in [9.17, 15) is 18.0 Å². The third-order valence-electron chi connectivity index (χ3n) is 5.36. The van der Waals surface area contributed by atoms with Crippen molar-refractivity contribution in [1.29, 1.82) is 0 Å². The molecule has 1 aromatic carbocycles. The van der Waals surface area contributed by atoms with Gasteiger partial charge in [-0.3, -0.25) is 13.9 Å². The van der Waals surface area contributed by atoms with Crippen LogP contribution in [-0.4, -0.2) is 58.8 Å². The lowest BCUT2D eigenvalue weighted by molar-refractivity contribution is -0.133. The minimum Gasteiger partial charge on any atom is -0.340 e. The molecule has 26 heavy (non-hydrogen) atoms. The Balaban J connectivity index is 1.59. The third-order valence-corrected chi connectivity index (χ3v) is 7.25. The maximum atomic E-state index is 13.0. The second-order valence-corrected chi connectivity index (χ2v) is 8.99. The number of hydrogen-bond acceptors (Lipinski definition) is 4. The van der Waals surface area contributed by atoms with Crippen LogP contribution in [0.5, 0.6) is 0 Å². The lowest BCUT2D eigenvalue weighted by Crippen LogP contribution is -2.50. The molecule has 0 spiro atoms. The van der Waals surface area contributed by atoms with E-state index in [1.165, 1.54) is 13.4 Å². The van der Waals surface area contributed by atoms with E-state index in [4.69, 9.17) is 0 Å². The Morgan fingerprint density at radius 3 is 2.23 bits per heavy atom. The van der Waals surface area contributed by atoms with Gasteiger partial charge >= 0.3 is 5.69 Å². The first-order valence-electron chi connectivity index (χ1n) is 8.75. The SMILES string of the molecule is Cn1c(=O)n(C)c2cc(S(=O)(=O)N3CCN(C(=O)C4CC4)CC3)ccc21. The van der Waals surface area contributed by atoms with Gasteiger partial charge in [0.05, 0.1) is 15.9 Å². The van der Waals surface area contributed by atoms with Crippen molar-refractivity contribution >= 4 is 27.0 Å². The van der Waals surface area contributed by atoms with Crippen molar-refractivity contribution in [2.75, 3.05) is 26.2 Å². The van der Waals surface area contributed by atoms with Gasteiger partial charge in [0, 0.05) is 46.2 Å². The standard InChI is InChI=1S/C17H22N4O4S/c1-18-14-6-5-13(11-15(14)19(2)17(18)23)26(24,25)21-9-7-20(8-10-21)16(22)12-3-4-12/h5-6,11-12H,3-4,7-10H2,1-2H3. The third kappa shape index (κ3) is 2.66. The number of aryl methyl sites for hydroxylation is 2. The Hall–Kier alpha value is -2.13. The van der Waals surface area contributed by atoms with Crippen LogP contribution in [0, 0.1) is 5.92 Å². The molecule has 0 N–H and O–H groups in total. The number of benzene rings is 1. The molecule has 0 bridgehead atoms. The van der Waals surface area contributed by atoms with Crippen molar-refractivity contribution in [1.82, 2.24) is 18.3 Å². The number of imidazole rings is 1. The molecule has 1 aromatic heterocycles. The van der Waals surface area contributed by atoms with Gasteiger partial charge in [0.2, 0.25) is 15.9 Å². The second kappa shape index (κ2) is 5.95. The first-order chi connectivity index (χ1) is 12.3. The molecule has 0 atom stereocenters. The Kier molecular flexibility index (Phi) is 3.96. The molecule has 2 aromatic rings. The maximum absolute atomic E-state index is 13.0. The Morgan fingerprint density at radius 1 is 1.00 bits per heavy atom. The zero-order valence-electron chi connectivity index (χ0n) is 14.9. The second-order valence-electron chi connectivity index (χ2n) is 7.05. The summed E-state index contributed by atoms with van der Waals surface area (Å²) in [7, 11) is -0.367. The van der Waals surface area contributed by atoms with Gasteiger partial charge in [0.15, 0.2) is 0 Å². The van der Waals surface area contributed by atoms with Crippen LogP contribution < -0.4 is 5.69 Å². The summed E-state index contributed by atoms with van der Waals surface area (Å²) in [5, 5.41) is 0. The zero-order valence-corrected chi connectivity index (χ0v) is 15.7. The summed E-state index contributed by atoms with van der Waals surface area (Å²) >= 11 is 0. The van der Waals surface area contributed by atoms with Gasteiger partial charge in [-0.2, -0.15) is 4.31 Å². The van der Waals surface area contributed by atoms with Gasteiger partial charge in [0.1, 0.15) is 0 Å². The molecule has 8 nitrogen and oxygen atoms in total. The summed E-state index contributed by atoms with van der Waals surface area (Å²) in [6.07, 6.45) is 1.90. The van der Waals surface area contributed by atoms with Crippen molar-refractivity contribution in [3.05, 3.63) is 28.7 Å². The molecule has 2 aliphatic rings. The molecular weight excluding hydrogens is 356 g/mol.